The molecule has 8 heteroatoms. The van der Waals surface area contributed by atoms with Crippen LogP contribution in [0.1, 0.15) is 39.1 Å². The number of rotatable bonds is 5. The van der Waals surface area contributed by atoms with Gasteiger partial charge in [0.1, 0.15) is 11.9 Å². The third-order valence-corrected chi connectivity index (χ3v) is 4.81. The first-order chi connectivity index (χ1) is 13.2. The summed E-state index contributed by atoms with van der Waals surface area (Å²) in [5, 5.41) is 9.70. The van der Waals surface area contributed by atoms with Crippen LogP contribution in [0.5, 0.6) is 5.75 Å². The maximum Gasteiger partial charge on any atom is 0.272 e. The number of imidazole rings is 1. The normalized spacial score (nSPS) is 16.0. The van der Waals surface area contributed by atoms with Crippen molar-refractivity contribution in [3.05, 3.63) is 65.0 Å². The number of aromatic nitrogens is 4. The lowest BCUT2D eigenvalue weighted by molar-refractivity contribution is 0.00255. The summed E-state index contributed by atoms with van der Waals surface area (Å²) in [6.07, 6.45) is 3.33. The van der Waals surface area contributed by atoms with Crippen molar-refractivity contribution in [1.29, 1.82) is 0 Å². The Morgan fingerprint density at radius 1 is 1.41 bits per heavy atom. The molecule has 3 heterocycles. The van der Waals surface area contributed by atoms with Crippen molar-refractivity contribution in [2.45, 2.75) is 32.7 Å². The predicted molar refractivity (Wildman–Crippen MR) is 97.2 cm³/mol. The van der Waals surface area contributed by atoms with Crippen molar-refractivity contribution >= 4 is 5.91 Å². The summed E-state index contributed by atoms with van der Waals surface area (Å²) in [6.45, 7) is 3.27. The molecule has 1 aliphatic heterocycles. The number of methoxy groups -OCH3 is 1. The van der Waals surface area contributed by atoms with Gasteiger partial charge in [-0.1, -0.05) is 12.1 Å². The van der Waals surface area contributed by atoms with Crippen LogP contribution in [0.25, 0.3) is 0 Å². The van der Waals surface area contributed by atoms with Crippen LogP contribution in [0.15, 0.2) is 36.8 Å². The first kappa shape index (κ1) is 17.3. The number of nitrogens with zero attached hydrogens (tertiary/aromatic N) is 3. The predicted octanol–water partition coefficient (Wildman–Crippen LogP) is 2.12. The summed E-state index contributed by atoms with van der Waals surface area (Å²) in [6, 6.07) is 7.82. The van der Waals surface area contributed by atoms with Gasteiger partial charge in [0.05, 0.1) is 38.5 Å². The van der Waals surface area contributed by atoms with E-state index in [0.717, 1.165) is 28.3 Å². The van der Waals surface area contributed by atoms with Gasteiger partial charge in [-0.2, -0.15) is 5.10 Å². The van der Waals surface area contributed by atoms with Gasteiger partial charge in [0.25, 0.3) is 5.91 Å². The molecule has 0 fully saturated rings. The smallest absolute Gasteiger partial charge is 0.272 e. The molecular formula is C19H21N5O3. The molecule has 0 unspecified atom stereocenters. The second kappa shape index (κ2) is 7.24. The molecule has 3 aromatic rings. The average molecular weight is 367 g/mol. The summed E-state index contributed by atoms with van der Waals surface area (Å²) in [5.74, 6) is 0.598. The molecule has 27 heavy (non-hydrogen) atoms. The second-order valence-corrected chi connectivity index (χ2v) is 6.47. The highest BCUT2D eigenvalue weighted by atomic mass is 16.5. The lowest BCUT2D eigenvalue weighted by Gasteiger charge is -2.25. The molecule has 140 valence electrons. The van der Waals surface area contributed by atoms with Crippen molar-refractivity contribution in [3.8, 4) is 5.75 Å². The van der Waals surface area contributed by atoms with Crippen LogP contribution in [-0.2, 0) is 24.4 Å². The summed E-state index contributed by atoms with van der Waals surface area (Å²) in [4.78, 5) is 16.8. The van der Waals surface area contributed by atoms with E-state index < -0.39 is 0 Å². The molecule has 0 saturated heterocycles. The number of carbonyl (C=O) groups is 1. The zero-order valence-electron chi connectivity index (χ0n) is 15.2. The third kappa shape index (κ3) is 3.43. The Hall–Kier alpha value is -3.13. The van der Waals surface area contributed by atoms with Gasteiger partial charge in [-0.15, -0.1) is 0 Å². The molecule has 0 aliphatic carbocycles. The van der Waals surface area contributed by atoms with E-state index in [1.807, 2.05) is 35.8 Å². The summed E-state index contributed by atoms with van der Waals surface area (Å²) >= 11 is 0. The lowest BCUT2D eigenvalue weighted by Crippen LogP contribution is -2.27. The van der Waals surface area contributed by atoms with E-state index in [2.05, 4.69) is 20.5 Å². The van der Waals surface area contributed by atoms with Crippen molar-refractivity contribution in [1.82, 2.24) is 25.1 Å². The van der Waals surface area contributed by atoms with Gasteiger partial charge < -0.3 is 19.4 Å². The Balaban J connectivity index is 1.44. The average Bonchev–Trinajstić information content (AvgIpc) is 3.31. The summed E-state index contributed by atoms with van der Waals surface area (Å²) in [5.41, 5.74) is 4.15. The van der Waals surface area contributed by atoms with E-state index in [9.17, 15) is 4.79 Å². The second-order valence-electron chi connectivity index (χ2n) is 6.47. The standard InChI is InChI=1S/C19H21N5O3/c1-12-14(8-22-23-12)7-20-19(25)18-16-10-27-17(9-24(16)11-21-18)13-3-5-15(26-2)6-4-13/h3-6,8,11,17H,7,9-10H2,1-2H3,(H,20,25)(H,22,23)/t17-/m1/s1. The maximum absolute atomic E-state index is 12.5. The molecule has 1 amide bonds. The largest absolute Gasteiger partial charge is 0.497 e. The summed E-state index contributed by atoms with van der Waals surface area (Å²) < 4.78 is 13.2. The van der Waals surface area contributed by atoms with Crippen LogP contribution >= 0.6 is 0 Å². The van der Waals surface area contributed by atoms with Gasteiger partial charge in [-0.25, -0.2) is 4.98 Å². The zero-order chi connectivity index (χ0) is 18.8. The molecule has 1 aromatic carbocycles. The van der Waals surface area contributed by atoms with E-state index in [1.54, 1.807) is 19.6 Å². The van der Waals surface area contributed by atoms with Gasteiger partial charge in [0.2, 0.25) is 0 Å². The van der Waals surface area contributed by atoms with Gasteiger partial charge in [0, 0.05) is 17.8 Å². The molecule has 2 N–H and O–H groups in total. The lowest BCUT2D eigenvalue weighted by atomic mass is 10.1. The highest BCUT2D eigenvalue weighted by Gasteiger charge is 2.26. The number of carbonyl (C=O) groups excluding carboxylic acids is 1. The van der Waals surface area contributed by atoms with Crippen LogP contribution in [0.2, 0.25) is 0 Å². The molecule has 0 saturated carbocycles. The number of ether oxygens (including phenoxy) is 2. The molecule has 1 atom stereocenters. The van der Waals surface area contributed by atoms with Gasteiger partial charge >= 0.3 is 0 Å². The van der Waals surface area contributed by atoms with Crippen molar-refractivity contribution < 1.29 is 14.3 Å². The van der Waals surface area contributed by atoms with Gasteiger partial charge in [-0.05, 0) is 24.6 Å². The van der Waals surface area contributed by atoms with E-state index in [0.29, 0.717) is 25.4 Å². The fourth-order valence-corrected chi connectivity index (χ4v) is 3.15. The Bertz CT molecular complexity index is 945. The van der Waals surface area contributed by atoms with E-state index in [4.69, 9.17) is 9.47 Å². The minimum atomic E-state index is -0.212. The van der Waals surface area contributed by atoms with Crippen molar-refractivity contribution in [2.75, 3.05) is 7.11 Å². The Kier molecular flexibility index (Phi) is 4.64. The number of hydrogen-bond donors (Lipinski definition) is 2. The van der Waals surface area contributed by atoms with Crippen molar-refractivity contribution in [2.24, 2.45) is 0 Å². The number of fused-ring (bicyclic) bond motifs is 1. The molecule has 0 radical (unpaired) electrons. The first-order valence-electron chi connectivity index (χ1n) is 8.72. The number of aryl methyl sites for hydroxylation is 1. The minimum Gasteiger partial charge on any atom is -0.497 e. The highest BCUT2D eigenvalue weighted by molar-refractivity contribution is 5.93. The number of nitrogens with one attached hydrogen (secondary N) is 2. The molecular weight excluding hydrogens is 346 g/mol. The molecule has 1 aliphatic rings. The molecule has 2 aromatic heterocycles. The number of benzene rings is 1. The van der Waals surface area contributed by atoms with E-state index in [-0.39, 0.29) is 12.0 Å². The minimum absolute atomic E-state index is 0.0814. The molecule has 8 nitrogen and oxygen atoms in total. The number of hydrogen-bond acceptors (Lipinski definition) is 5. The Morgan fingerprint density at radius 3 is 2.93 bits per heavy atom. The highest BCUT2D eigenvalue weighted by Crippen LogP contribution is 2.28. The van der Waals surface area contributed by atoms with E-state index in [1.165, 1.54) is 0 Å². The number of amides is 1. The van der Waals surface area contributed by atoms with Crippen molar-refractivity contribution in [3.63, 3.8) is 0 Å². The van der Waals surface area contributed by atoms with Crippen LogP contribution in [-0.4, -0.2) is 32.8 Å². The third-order valence-electron chi connectivity index (χ3n) is 4.81. The maximum atomic E-state index is 12.5. The molecule has 0 spiro atoms. The SMILES string of the molecule is COc1ccc([C@H]2Cn3cnc(C(=O)NCc4cn[nH]c4C)c3CO2)cc1. The monoisotopic (exact) mass is 367 g/mol. The Morgan fingerprint density at radius 2 is 2.22 bits per heavy atom. The first-order valence-corrected chi connectivity index (χ1v) is 8.72. The Labute approximate surface area is 156 Å². The molecule has 4 rings (SSSR count). The molecule has 0 bridgehead atoms. The summed E-state index contributed by atoms with van der Waals surface area (Å²) in [7, 11) is 1.64. The van der Waals surface area contributed by atoms with Crippen LogP contribution < -0.4 is 10.1 Å². The van der Waals surface area contributed by atoms with Crippen LogP contribution in [0.4, 0.5) is 0 Å². The topological polar surface area (TPSA) is 94.1 Å². The van der Waals surface area contributed by atoms with Crippen LogP contribution in [0, 0.1) is 6.92 Å². The number of aromatic amines is 1. The fourth-order valence-electron chi connectivity index (χ4n) is 3.15. The van der Waals surface area contributed by atoms with E-state index >= 15 is 0 Å². The fraction of sp³-hybridized carbons (Fsp3) is 0.316. The quantitative estimate of drug-likeness (QED) is 0.720. The van der Waals surface area contributed by atoms with Crippen LogP contribution in [0.3, 0.4) is 0 Å². The van der Waals surface area contributed by atoms with Gasteiger partial charge in [0.15, 0.2) is 5.69 Å². The number of H-pyrrole nitrogens is 1. The zero-order valence-corrected chi connectivity index (χ0v) is 15.2. The van der Waals surface area contributed by atoms with Gasteiger partial charge in [-0.3, -0.25) is 9.89 Å².